The predicted molar refractivity (Wildman–Crippen MR) is 69.4 cm³/mol. The third kappa shape index (κ3) is 1.91. The quantitative estimate of drug-likeness (QED) is 0.824. The molecule has 98 valence electrons. The van der Waals surface area contributed by atoms with E-state index in [-0.39, 0.29) is 11.4 Å². The molecule has 0 bridgehead atoms. The summed E-state index contributed by atoms with van der Waals surface area (Å²) in [7, 11) is -1.98. The highest BCUT2D eigenvalue weighted by Crippen LogP contribution is 2.32. The van der Waals surface area contributed by atoms with Crippen molar-refractivity contribution >= 4 is 21.4 Å². The topological polar surface area (TPSA) is 75.3 Å². The smallest absolute Gasteiger partial charge is 0.244 e. The molecule has 1 aliphatic heterocycles. The maximum absolute atomic E-state index is 12.4. The van der Waals surface area contributed by atoms with Crippen LogP contribution in [0.1, 0.15) is 11.1 Å². The van der Waals surface area contributed by atoms with Crippen molar-refractivity contribution in [3.63, 3.8) is 0 Å². The van der Waals surface area contributed by atoms with Gasteiger partial charge in [-0.1, -0.05) is 0 Å². The molecule has 0 saturated heterocycles. The summed E-state index contributed by atoms with van der Waals surface area (Å²) >= 11 is 0. The van der Waals surface area contributed by atoms with Gasteiger partial charge in [-0.2, -0.15) is 0 Å². The predicted octanol–water partition coefficient (Wildman–Crippen LogP) is 0.617. The molecule has 1 unspecified atom stereocenters. The fraction of sp³-hybridized carbons (Fsp3) is 0.417. The van der Waals surface area contributed by atoms with E-state index in [2.05, 4.69) is 10.6 Å². The van der Waals surface area contributed by atoms with Gasteiger partial charge in [0.25, 0.3) is 0 Å². The van der Waals surface area contributed by atoms with E-state index >= 15 is 0 Å². The SMILES string of the molecule is CNCC1C(=O)Nc2cc(C)c(C)cc2S1(=O)=O. The Labute approximate surface area is 107 Å². The van der Waals surface area contributed by atoms with Gasteiger partial charge in [0.2, 0.25) is 5.91 Å². The van der Waals surface area contributed by atoms with Gasteiger partial charge in [0.15, 0.2) is 15.1 Å². The van der Waals surface area contributed by atoms with Crippen LogP contribution in [0.15, 0.2) is 17.0 Å². The highest BCUT2D eigenvalue weighted by Gasteiger charge is 2.39. The summed E-state index contributed by atoms with van der Waals surface area (Å²) in [6, 6.07) is 3.33. The number of carbonyl (C=O) groups is 1. The molecule has 1 aromatic carbocycles. The van der Waals surface area contributed by atoms with Crippen LogP contribution < -0.4 is 10.6 Å². The van der Waals surface area contributed by atoms with Crippen molar-refractivity contribution < 1.29 is 13.2 Å². The monoisotopic (exact) mass is 268 g/mol. The van der Waals surface area contributed by atoms with E-state index in [1.165, 1.54) is 0 Å². The van der Waals surface area contributed by atoms with Gasteiger partial charge in [-0.25, -0.2) is 8.42 Å². The number of amides is 1. The third-order valence-corrected chi connectivity index (χ3v) is 5.30. The lowest BCUT2D eigenvalue weighted by Gasteiger charge is -2.25. The summed E-state index contributed by atoms with van der Waals surface area (Å²) in [6.07, 6.45) is 0. The van der Waals surface area contributed by atoms with E-state index in [1.54, 1.807) is 19.2 Å². The van der Waals surface area contributed by atoms with Crippen LogP contribution in [0.2, 0.25) is 0 Å². The van der Waals surface area contributed by atoms with Gasteiger partial charge in [0.05, 0.1) is 10.6 Å². The van der Waals surface area contributed by atoms with Crippen molar-refractivity contribution in [1.82, 2.24) is 5.32 Å². The minimum absolute atomic E-state index is 0.112. The van der Waals surface area contributed by atoms with Crippen LogP contribution >= 0.6 is 0 Å². The molecule has 0 aliphatic carbocycles. The summed E-state index contributed by atoms with van der Waals surface area (Å²) < 4.78 is 24.7. The van der Waals surface area contributed by atoms with Crippen LogP contribution in [0.4, 0.5) is 5.69 Å². The van der Waals surface area contributed by atoms with Gasteiger partial charge in [-0.3, -0.25) is 4.79 Å². The highest BCUT2D eigenvalue weighted by molar-refractivity contribution is 7.93. The van der Waals surface area contributed by atoms with E-state index in [0.29, 0.717) is 5.69 Å². The summed E-state index contributed by atoms with van der Waals surface area (Å²) in [4.78, 5) is 12.0. The van der Waals surface area contributed by atoms with Gasteiger partial charge < -0.3 is 10.6 Å². The van der Waals surface area contributed by atoms with E-state index in [0.717, 1.165) is 11.1 Å². The molecule has 1 amide bonds. The number of hydrogen-bond donors (Lipinski definition) is 2. The van der Waals surface area contributed by atoms with Gasteiger partial charge >= 0.3 is 0 Å². The van der Waals surface area contributed by atoms with Crippen molar-refractivity contribution in [3.05, 3.63) is 23.3 Å². The lowest BCUT2D eigenvalue weighted by atomic mass is 10.1. The molecular formula is C12H16N2O3S. The zero-order valence-electron chi connectivity index (χ0n) is 10.6. The molecule has 1 aliphatic rings. The standard InChI is InChI=1S/C12H16N2O3S/c1-7-4-9-10(5-8(7)2)18(16,17)11(6-13-3)12(15)14-9/h4-5,11,13H,6H2,1-3H3,(H,14,15). The minimum atomic E-state index is -3.61. The molecule has 0 aromatic heterocycles. The number of fused-ring (bicyclic) bond motifs is 1. The number of carbonyl (C=O) groups excluding carboxylic acids is 1. The molecule has 0 saturated carbocycles. The fourth-order valence-corrected chi connectivity index (χ4v) is 3.81. The Morgan fingerprint density at radius 2 is 1.89 bits per heavy atom. The largest absolute Gasteiger partial charge is 0.324 e. The number of benzene rings is 1. The second kappa shape index (κ2) is 4.37. The van der Waals surface area contributed by atoms with E-state index < -0.39 is 21.0 Å². The van der Waals surface area contributed by atoms with Crippen molar-refractivity contribution in [3.8, 4) is 0 Å². The molecule has 0 radical (unpaired) electrons. The first-order valence-corrected chi connectivity index (χ1v) is 7.23. The van der Waals surface area contributed by atoms with Gasteiger partial charge in [0.1, 0.15) is 0 Å². The average molecular weight is 268 g/mol. The van der Waals surface area contributed by atoms with Crippen LogP contribution in [-0.2, 0) is 14.6 Å². The number of anilines is 1. The van der Waals surface area contributed by atoms with Crippen molar-refractivity contribution in [1.29, 1.82) is 0 Å². The number of rotatable bonds is 2. The molecule has 2 rings (SSSR count). The van der Waals surface area contributed by atoms with E-state index in [9.17, 15) is 13.2 Å². The Kier molecular flexibility index (Phi) is 3.16. The molecule has 1 heterocycles. The molecular weight excluding hydrogens is 252 g/mol. The first-order valence-electron chi connectivity index (χ1n) is 5.68. The summed E-state index contributed by atoms with van der Waals surface area (Å²) in [5.74, 6) is -0.472. The zero-order chi connectivity index (χ0) is 13.5. The fourth-order valence-electron chi connectivity index (χ4n) is 2.02. The molecule has 0 spiro atoms. The Morgan fingerprint density at radius 3 is 2.50 bits per heavy atom. The highest BCUT2D eigenvalue weighted by atomic mass is 32.2. The molecule has 1 atom stereocenters. The van der Waals surface area contributed by atoms with Crippen molar-refractivity contribution in [2.24, 2.45) is 0 Å². The van der Waals surface area contributed by atoms with Crippen LogP contribution in [0.3, 0.4) is 0 Å². The van der Waals surface area contributed by atoms with Crippen molar-refractivity contribution in [2.45, 2.75) is 24.0 Å². The van der Waals surface area contributed by atoms with Crippen LogP contribution in [0, 0.1) is 13.8 Å². The average Bonchev–Trinajstić information content (AvgIpc) is 2.28. The summed E-state index contributed by atoms with van der Waals surface area (Å²) in [5, 5.41) is 4.34. The number of hydrogen-bond acceptors (Lipinski definition) is 4. The third-order valence-electron chi connectivity index (χ3n) is 3.22. The lowest BCUT2D eigenvalue weighted by molar-refractivity contribution is -0.115. The number of aryl methyl sites for hydroxylation is 2. The number of sulfone groups is 1. The van der Waals surface area contributed by atoms with Gasteiger partial charge in [0, 0.05) is 6.54 Å². The first-order chi connectivity index (χ1) is 8.37. The zero-order valence-corrected chi connectivity index (χ0v) is 11.4. The van der Waals surface area contributed by atoms with Crippen LogP contribution in [0.5, 0.6) is 0 Å². The summed E-state index contributed by atoms with van der Waals surface area (Å²) in [5.41, 5.74) is 2.24. The van der Waals surface area contributed by atoms with E-state index in [4.69, 9.17) is 0 Å². The Bertz CT molecular complexity index is 608. The molecule has 18 heavy (non-hydrogen) atoms. The van der Waals surface area contributed by atoms with Gasteiger partial charge in [-0.05, 0) is 44.2 Å². The Morgan fingerprint density at radius 1 is 1.28 bits per heavy atom. The Hall–Kier alpha value is -1.40. The second-order valence-corrected chi connectivity index (χ2v) is 6.61. The maximum atomic E-state index is 12.4. The molecule has 2 N–H and O–H groups in total. The van der Waals surface area contributed by atoms with Crippen LogP contribution in [0.25, 0.3) is 0 Å². The van der Waals surface area contributed by atoms with Crippen molar-refractivity contribution in [2.75, 3.05) is 18.9 Å². The second-order valence-electron chi connectivity index (χ2n) is 4.51. The van der Waals surface area contributed by atoms with Crippen LogP contribution in [-0.4, -0.2) is 33.2 Å². The Balaban J connectivity index is 2.63. The molecule has 0 fully saturated rings. The molecule has 1 aromatic rings. The first kappa shape index (κ1) is 13.0. The van der Waals surface area contributed by atoms with E-state index in [1.807, 2.05) is 13.8 Å². The maximum Gasteiger partial charge on any atom is 0.244 e. The molecule has 6 heteroatoms. The minimum Gasteiger partial charge on any atom is -0.324 e. The van der Waals surface area contributed by atoms with Gasteiger partial charge in [-0.15, -0.1) is 0 Å². The lowest BCUT2D eigenvalue weighted by Crippen LogP contribution is -2.45. The molecule has 5 nitrogen and oxygen atoms in total. The normalized spacial score (nSPS) is 21.3. The number of nitrogens with one attached hydrogen (secondary N) is 2. The summed E-state index contributed by atoms with van der Waals surface area (Å²) in [6.45, 7) is 3.85.